The second kappa shape index (κ2) is 9.41. The predicted octanol–water partition coefficient (Wildman–Crippen LogP) is 4.56. The Bertz CT molecular complexity index is 1010. The van der Waals surface area contributed by atoms with Crippen LogP contribution in [0.2, 0.25) is 0 Å². The number of carbonyl (C=O) groups is 2. The van der Waals surface area contributed by atoms with Gasteiger partial charge in [-0.3, -0.25) is 0 Å². The van der Waals surface area contributed by atoms with Gasteiger partial charge in [0.15, 0.2) is 23.1 Å². The lowest BCUT2D eigenvalue weighted by atomic mass is 10.2. The number of hydrogen-bond acceptors (Lipinski definition) is 6. The number of alkyl halides is 3. The van der Waals surface area contributed by atoms with Crippen molar-refractivity contribution in [1.29, 1.82) is 0 Å². The maximum absolute atomic E-state index is 14.1. The zero-order valence-corrected chi connectivity index (χ0v) is 15.8. The van der Waals surface area contributed by atoms with Gasteiger partial charge in [0.05, 0.1) is 31.5 Å². The molecule has 0 unspecified atom stereocenters. The molecule has 2 aromatic rings. The van der Waals surface area contributed by atoms with Gasteiger partial charge < -0.3 is 19.5 Å². The molecule has 0 atom stereocenters. The number of carbonyl (C=O) groups excluding carboxylic acids is 2. The van der Waals surface area contributed by atoms with Crippen molar-refractivity contribution >= 4 is 17.6 Å². The van der Waals surface area contributed by atoms with Crippen molar-refractivity contribution in [3.8, 4) is 11.5 Å². The van der Waals surface area contributed by atoms with Crippen LogP contribution >= 0.6 is 0 Å². The van der Waals surface area contributed by atoms with Gasteiger partial charge >= 0.3 is 18.1 Å². The Morgan fingerprint density at radius 1 is 0.968 bits per heavy atom. The fourth-order valence-electron chi connectivity index (χ4n) is 2.19. The van der Waals surface area contributed by atoms with Gasteiger partial charge in [0.2, 0.25) is 0 Å². The number of rotatable bonds is 6. The zero-order chi connectivity index (χ0) is 23.3. The molecule has 0 heterocycles. The molecule has 0 aromatic heterocycles. The van der Waals surface area contributed by atoms with Gasteiger partial charge in [-0.1, -0.05) is 0 Å². The fraction of sp³-hybridized carbons (Fsp3) is 0.158. The number of ether oxygens (including phenoxy) is 3. The highest BCUT2D eigenvalue weighted by Gasteiger charge is 2.33. The fourth-order valence-corrected chi connectivity index (χ4v) is 2.19. The summed E-state index contributed by atoms with van der Waals surface area (Å²) in [6.45, 7) is 0. The number of esters is 2. The van der Waals surface area contributed by atoms with Crippen LogP contribution < -0.4 is 10.1 Å². The molecule has 0 aliphatic carbocycles. The van der Waals surface area contributed by atoms with Crippen LogP contribution in [0, 0.1) is 17.5 Å². The minimum Gasteiger partial charge on any atom is -0.466 e. The van der Waals surface area contributed by atoms with Crippen LogP contribution in [0.25, 0.3) is 0 Å². The average Bonchev–Trinajstić information content (AvgIpc) is 2.70. The van der Waals surface area contributed by atoms with E-state index in [0.717, 1.165) is 26.4 Å². The standard InChI is InChI=1S/C19H13F6NO5/c1-29-16(27)8-14(18(28)30-2)26-13-4-3-10(20)7-15(13)31-17-11(21)5-9(6-12(17)22)19(23,24)25/h3-8,26H,1-2H3/b14-8+. The van der Waals surface area contributed by atoms with Gasteiger partial charge in [-0.25, -0.2) is 22.8 Å². The van der Waals surface area contributed by atoms with E-state index in [1.165, 1.54) is 0 Å². The van der Waals surface area contributed by atoms with E-state index in [0.29, 0.717) is 12.1 Å². The van der Waals surface area contributed by atoms with Crippen molar-refractivity contribution in [2.75, 3.05) is 19.5 Å². The van der Waals surface area contributed by atoms with Crippen LogP contribution in [-0.4, -0.2) is 26.2 Å². The Kier molecular flexibility index (Phi) is 7.16. The lowest BCUT2D eigenvalue weighted by Crippen LogP contribution is -2.16. The average molecular weight is 449 g/mol. The van der Waals surface area contributed by atoms with Crippen molar-refractivity contribution < 1.29 is 50.1 Å². The Balaban J connectivity index is 2.48. The monoisotopic (exact) mass is 449 g/mol. The van der Waals surface area contributed by atoms with Crippen LogP contribution in [-0.2, 0) is 25.2 Å². The number of hydrogen-bond donors (Lipinski definition) is 1. The molecule has 0 spiro atoms. The molecule has 1 N–H and O–H groups in total. The van der Waals surface area contributed by atoms with Gasteiger partial charge in [-0.15, -0.1) is 0 Å². The van der Waals surface area contributed by atoms with Crippen LogP contribution in [0.4, 0.5) is 32.0 Å². The minimum atomic E-state index is -5.01. The first kappa shape index (κ1) is 23.6. The number of methoxy groups -OCH3 is 2. The minimum absolute atomic E-state index is 0.00183. The lowest BCUT2D eigenvalue weighted by Gasteiger charge is -2.16. The van der Waals surface area contributed by atoms with E-state index in [1.807, 2.05) is 0 Å². The summed E-state index contributed by atoms with van der Waals surface area (Å²) in [4.78, 5) is 23.3. The lowest BCUT2D eigenvalue weighted by molar-refractivity contribution is -0.138. The highest BCUT2D eigenvalue weighted by molar-refractivity contribution is 5.99. The molecule has 0 bridgehead atoms. The van der Waals surface area contributed by atoms with E-state index in [-0.39, 0.29) is 17.8 Å². The van der Waals surface area contributed by atoms with Crippen LogP contribution in [0.5, 0.6) is 11.5 Å². The Morgan fingerprint density at radius 2 is 1.58 bits per heavy atom. The van der Waals surface area contributed by atoms with E-state index < -0.39 is 58.3 Å². The third-order valence-electron chi connectivity index (χ3n) is 3.62. The van der Waals surface area contributed by atoms with Gasteiger partial charge in [0.25, 0.3) is 0 Å². The van der Waals surface area contributed by atoms with E-state index in [2.05, 4.69) is 14.8 Å². The van der Waals surface area contributed by atoms with E-state index in [1.54, 1.807) is 0 Å². The maximum Gasteiger partial charge on any atom is 0.416 e. The Labute approximate surface area is 171 Å². The van der Waals surface area contributed by atoms with Gasteiger partial charge in [0, 0.05) is 6.07 Å². The van der Waals surface area contributed by atoms with Crippen LogP contribution in [0.15, 0.2) is 42.1 Å². The first-order valence-electron chi connectivity index (χ1n) is 8.15. The summed E-state index contributed by atoms with van der Waals surface area (Å²) in [6.07, 6.45) is -4.34. The first-order valence-corrected chi connectivity index (χ1v) is 8.15. The van der Waals surface area contributed by atoms with Gasteiger partial charge in [-0.2, -0.15) is 13.2 Å². The van der Waals surface area contributed by atoms with Gasteiger partial charge in [-0.05, 0) is 24.3 Å². The molecule has 0 radical (unpaired) electrons. The molecule has 31 heavy (non-hydrogen) atoms. The number of benzene rings is 2. The molecule has 12 heteroatoms. The quantitative estimate of drug-likeness (QED) is 0.396. The number of nitrogens with one attached hydrogen (secondary N) is 1. The molecule has 166 valence electrons. The smallest absolute Gasteiger partial charge is 0.416 e. The Hall–Kier alpha value is -3.70. The predicted molar refractivity (Wildman–Crippen MR) is 93.6 cm³/mol. The molecule has 0 aliphatic heterocycles. The number of anilines is 1. The third kappa shape index (κ3) is 5.90. The maximum atomic E-state index is 14.1. The van der Waals surface area contributed by atoms with Crippen molar-refractivity contribution in [3.05, 3.63) is 65.1 Å². The van der Waals surface area contributed by atoms with E-state index >= 15 is 0 Å². The summed E-state index contributed by atoms with van der Waals surface area (Å²) in [5.74, 6) is -8.26. The number of halogens is 6. The first-order chi connectivity index (χ1) is 14.5. The van der Waals surface area contributed by atoms with E-state index in [4.69, 9.17) is 4.74 Å². The SMILES string of the molecule is COC(=O)/C=C(/Nc1ccc(F)cc1Oc1c(F)cc(C(F)(F)F)cc1F)C(=O)OC. The summed E-state index contributed by atoms with van der Waals surface area (Å²) in [7, 11) is 2.01. The molecule has 0 aliphatic rings. The topological polar surface area (TPSA) is 73.9 Å². The molecule has 6 nitrogen and oxygen atoms in total. The summed E-state index contributed by atoms with van der Waals surface area (Å²) in [5.41, 5.74) is -2.39. The third-order valence-corrected chi connectivity index (χ3v) is 3.62. The summed E-state index contributed by atoms with van der Waals surface area (Å²) >= 11 is 0. The second-order valence-electron chi connectivity index (χ2n) is 5.71. The zero-order valence-electron chi connectivity index (χ0n) is 15.8. The highest BCUT2D eigenvalue weighted by Crippen LogP contribution is 2.37. The van der Waals surface area contributed by atoms with Crippen LogP contribution in [0.1, 0.15) is 5.56 Å². The van der Waals surface area contributed by atoms with Crippen molar-refractivity contribution in [2.45, 2.75) is 6.18 Å². The van der Waals surface area contributed by atoms with Crippen LogP contribution in [0.3, 0.4) is 0 Å². The van der Waals surface area contributed by atoms with E-state index in [9.17, 15) is 35.9 Å². The molecule has 0 saturated heterocycles. The molecule has 0 amide bonds. The molecular formula is C19H13F6NO5. The molecule has 0 fully saturated rings. The molecule has 2 rings (SSSR count). The van der Waals surface area contributed by atoms with Crippen molar-refractivity contribution in [1.82, 2.24) is 0 Å². The normalized spacial score (nSPS) is 11.7. The summed E-state index contributed by atoms with van der Waals surface area (Å²) in [6, 6.07) is 2.51. The largest absolute Gasteiger partial charge is 0.466 e. The molecule has 2 aromatic carbocycles. The summed E-state index contributed by atoms with van der Waals surface area (Å²) < 4.78 is 93.7. The van der Waals surface area contributed by atoms with Crippen molar-refractivity contribution in [3.63, 3.8) is 0 Å². The van der Waals surface area contributed by atoms with Gasteiger partial charge in [0.1, 0.15) is 11.5 Å². The summed E-state index contributed by atoms with van der Waals surface area (Å²) in [5, 5.41) is 2.35. The second-order valence-corrected chi connectivity index (χ2v) is 5.71. The highest BCUT2D eigenvalue weighted by atomic mass is 19.4. The Morgan fingerprint density at radius 3 is 2.10 bits per heavy atom. The molecule has 0 saturated carbocycles. The molecular weight excluding hydrogens is 436 g/mol. The van der Waals surface area contributed by atoms with Crippen molar-refractivity contribution in [2.24, 2.45) is 0 Å².